The molecule has 3 aromatic rings. The van der Waals surface area contributed by atoms with Crippen LogP contribution >= 0.6 is 22.9 Å². The maximum atomic E-state index is 5.97. The SMILES string of the molecule is Cc1cccc(CCNc2nc3cc(Cl)ccc3s2)c1. The summed E-state index contributed by atoms with van der Waals surface area (Å²) in [6.07, 6.45) is 0.998. The number of benzene rings is 2. The van der Waals surface area contributed by atoms with Crippen molar-refractivity contribution in [1.29, 1.82) is 0 Å². The number of anilines is 1. The molecule has 0 spiro atoms. The van der Waals surface area contributed by atoms with Gasteiger partial charge in [0.1, 0.15) is 0 Å². The Hall–Kier alpha value is -1.58. The lowest BCUT2D eigenvalue weighted by molar-refractivity contribution is 1.01. The highest BCUT2D eigenvalue weighted by atomic mass is 35.5. The van der Waals surface area contributed by atoms with Gasteiger partial charge < -0.3 is 5.32 Å². The van der Waals surface area contributed by atoms with Gasteiger partial charge in [0.25, 0.3) is 0 Å². The van der Waals surface area contributed by atoms with Crippen LogP contribution < -0.4 is 5.32 Å². The summed E-state index contributed by atoms with van der Waals surface area (Å²) in [5.74, 6) is 0. The van der Waals surface area contributed by atoms with E-state index < -0.39 is 0 Å². The van der Waals surface area contributed by atoms with E-state index in [4.69, 9.17) is 11.6 Å². The van der Waals surface area contributed by atoms with Gasteiger partial charge in [-0.05, 0) is 37.1 Å². The van der Waals surface area contributed by atoms with Crippen LogP contribution in [0.1, 0.15) is 11.1 Å². The van der Waals surface area contributed by atoms with E-state index in [0.29, 0.717) is 0 Å². The molecule has 0 amide bonds. The number of aryl methyl sites for hydroxylation is 1. The molecule has 3 rings (SSSR count). The molecule has 0 fully saturated rings. The topological polar surface area (TPSA) is 24.9 Å². The van der Waals surface area contributed by atoms with Crippen LogP contribution in [-0.4, -0.2) is 11.5 Å². The Bertz CT molecular complexity index is 736. The zero-order valence-electron chi connectivity index (χ0n) is 11.2. The minimum Gasteiger partial charge on any atom is -0.361 e. The molecule has 0 saturated carbocycles. The molecular formula is C16H15ClN2S. The predicted molar refractivity (Wildman–Crippen MR) is 88.0 cm³/mol. The molecule has 4 heteroatoms. The first-order valence-corrected chi connectivity index (χ1v) is 7.76. The average Bonchev–Trinajstić information content (AvgIpc) is 2.80. The molecule has 1 heterocycles. The van der Waals surface area contributed by atoms with Crippen LogP contribution in [0.5, 0.6) is 0 Å². The number of halogens is 1. The lowest BCUT2D eigenvalue weighted by Crippen LogP contribution is -2.04. The van der Waals surface area contributed by atoms with Gasteiger partial charge in [-0.3, -0.25) is 0 Å². The molecule has 1 aromatic heterocycles. The summed E-state index contributed by atoms with van der Waals surface area (Å²) < 4.78 is 1.16. The van der Waals surface area contributed by atoms with E-state index in [0.717, 1.165) is 33.3 Å². The number of fused-ring (bicyclic) bond motifs is 1. The summed E-state index contributed by atoms with van der Waals surface area (Å²) in [5, 5.41) is 5.07. The maximum Gasteiger partial charge on any atom is 0.183 e. The summed E-state index contributed by atoms with van der Waals surface area (Å²) >= 11 is 7.63. The normalized spacial score (nSPS) is 10.9. The molecule has 0 unspecified atom stereocenters. The second kappa shape index (κ2) is 5.81. The van der Waals surface area contributed by atoms with Gasteiger partial charge in [0.05, 0.1) is 10.2 Å². The number of hydrogen-bond donors (Lipinski definition) is 1. The Morgan fingerprint density at radius 1 is 1.20 bits per heavy atom. The van der Waals surface area contributed by atoms with Crippen molar-refractivity contribution >= 4 is 38.3 Å². The van der Waals surface area contributed by atoms with E-state index in [1.165, 1.54) is 11.1 Å². The number of nitrogens with zero attached hydrogens (tertiary/aromatic N) is 1. The van der Waals surface area contributed by atoms with Crippen molar-refractivity contribution in [2.24, 2.45) is 0 Å². The predicted octanol–water partition coefficient (Wildman–Crippen LogP) is 4.91. The summed E-state index contributed by atoms with van der Waals surface area (Å²) in [5.41, 5.74) is 3.61. The Kier molecular flexibility index (Phi) is 3.90. The highest BCUT2D eigenvalue weighted by Gasteiger charge is 2.03. The van der Waals surface area contributed by atoms with E-state index in [9.17, 15) is 0 Å². The standard InChI is InChI=1S/C16H15ClN2S/c1-11-3-2-4-12(9-11)7-8-18-16-19-14-10-13(17)5-6-15(14)20-16/h2-6,9-10H,7-8H2,1H3,(H,18,19). The Balaban J connectivity index is 1.65. The van der Waals surface area contributed by atoms with Crippen molar-refractivity contribution in [2.75, 3.05) is 11.9 Å². The van der Waals surface area contributed by atoms with E-state index in [1.54, 1.807) is 11.3 Å². The lowest BCUT2D eigenvalue weighted by Gasteiger charge is -2.03. The number of hydrogen-bond acceptors (Lipinski definition) is 3. The molecule has 0 aliphatic rings. The van der Waals surface area contributed by atoms with Crippen molar-refractivity contribution in [2.45, 2.75) is 13.3 Å². The van der Waals surface area contributed by atoms with E-state index in [1.807, 2.05) is 18.2 Å². The van der Waals surface area contributed by atoms with Crippen molar-refractivity contribution in [1.82, 2.24) is 4.98 Å². The van der Waals surface area contributed by atoms with Gasteiger partial charge in [0, 0.05) is 11.6 Å². The van der Waals surface area contributed by atoms with Crippen molar-refractivity contribution in [3.8, 4) is 0 Å². The second-order valence-electron chi connectivity index (χ2n) is 4.80. The summed E-state index contributed by atoms with van der Waals surface area (Å²) in [6.45, 7) is 3.01. The Labute approximate surface area is 127 Å². The molecule has 1 N–H and O–H groups in total. The van der Waals surface area contributed by atoms with Gasteiger partial charge in [-0.15, -0.1) is 0 Å². The third-order valence-corrected chi connectivity index (χ3v) is 4.35. The fourth-order valence-electron chi connectivity index (χ4n) is 2.16. The minimum atomic E-state index is 0.731. The van der Waals surface area contributed by atoms with E-state index in [2.05, 4.69) is 41.5 Å². The monoisotopic (exact) mass is 302 g/mol. The van der Waals surface area contributed by atoms with Crippen LogP contribution in [0.3, 0.4) is 0 Å². The zero-order chi connectivity index (χ0) is 13.9. The molecule has 0 bridgehead atoms. The smallest absolute Gasteiger partial charge is 0.183 e. The molecule has 0 atom stereocenters. The van der Waals surface area contributed by atoms with Gasteiger partial charge in [0.2, 0.25) is 0 Å². The van der Waals surface area contributed by atoms with Crippen molar-refractivity contribution in [3.63, 3.8) is 0 Å². The van der Waals surface area contributed by atoms with Crippen molar-refractivity contribution in [3.05, 3.63) is 58.6 Å². The zero-order valence-corrected chi connectivity index (χ0v) is 12.8. The summed E-state index contributed by atoms with van der Waals surface area (Å²) in [4.78, 5) is 4.55. The third kappa shape index (κ3) is 3.11. The first kappa shape index (κ1) is 13.4. The van der Waals surface area contributed by atoms with E-state index in [-0.39, 0.29) is 0 Å². The summed E-state index contributed by atoms with van der Waals surface area (Å²) in [7, 11) is 0. The quantitative estimate of drug-likeness (QED) is 0.740. The molecule has 0 aliphatic heterocycles. The van der Waals surface area contributed by atoms with Crippen LogP contribution in [0, 0.1) is 6.92 Å². The molecule has 0 saturated heterocycles. The van der Waals surface area contributed by atoms with Gasteiger partial charge in [-0.25, -0.2) is 4.98 Å². The first-order valence-electron chi connectivity index (χ1n) is 6.56. The molecule has 0 aliphatic carbocycles. The highest BCUT2D eigenvalue weighted by molar-refractivity contribution is 7.22. The fourth-order valence-corrected chi connectivity index (χ4v) is 3.20. The number of thiazole rings is 1. The summed E-state index contributed by atoms with van der Waals surface area (Å²) in [6, 6.07) is 14.4. The van der Waals surface area contributed by atoms with Gasteiger partial charge in [0.15, 0.2) is 5.13 Å². The molecule has 2 aromatic carbocycles. The van der Waals surface area contributed by atoms with Gasteiger partial charge in [-0.2, -0.15) is 0 Å². The third-order valence-electron chi connectivity index (χ3n) is 3.12. The van der Waals surface area contributed by atoms with Crippen LogP contribution in [0.25, 0.3) is 10.2 Å². The highest BCUT2D eigenvalue weighted by Crippen LogP contribution is 2.27. The lowest BCUT2D eigenvalue weighted by atomic mass is 10.1. The number of aromatic nitrogens is 1. The van der Waals surface area contributed by atoms with Gasteiger partial charge >= 0.3 is 0 Å². The van der Waals surface area contributed by atoms with Crippen LogP contribution in [0.4, 0.5) is 5.13 Å². The number of nitrogens with one attached hydrogen (secondary N) is 1. The van der Waals surface area contributed by atoms with Crippen LogP contribution in [-0.2, 0) is 6.42 Å². The fraction of sp³-hybridized carbons (Fsp3) is 0.188. The Morgan fingerprint density at radius 3 is 2.95 bits per heavy atom. The maximum absolute atomic E-state index is 5.97. The average molecular weight is 303 g/mol. The molecule has 102 valence electrons. The van der Waals surface area contributed by atoms with Crippen LogP contribution in [0.15, 0.2) is 42.5 Å². The van der Waals surface area contributed by atoms with Crippen LogP contribution in [0.2, 0.25) is 5.02 Å². The number of rotatable bonds is 4. The van der Waals surface area contributed by atoms with Gasteiger partial charge in [-0.1, -0.05) is 52.8 Å². The largest absolute Gasteiger partial charge is 0.361 e. The minimum absolute atomic E-state index is 0.731. The Morgan fingerprint density at radius 2 is 2.10 bits per heavy atom. The molecule has 20 heavy (non-hydrogen) atoms. The second-order valence-corrected chi connectivity index (χ2v) is 6.26. The van der Waals surface area contributed by atoms with E-state index >= 15 is 0 Å². The molecule has 2 nitrogen and oxygen atoms in total. The molecular weight excluding hydrogens is 288 g/mol. The first-order chi connectivity index (χ1) is 9.70. The molecule has 0 radical (unpaired) electrons. The van der Waals surface area contributed by atoms with Crippen molar-refractivity contribution < 1.29 is 0 Å².